The molecule has 1 N–H and O–H groups in total. The molecule has 2 heterocycles. The van der Waals surface area contributed by atoms with Crippen LogP contribution >= 0.6 is 11.3 Å². The van der Waals surface area contributed by atoms with Gasteiger partial charge in [0.25, 0.3) is 0 Å². The molecule has 0 aliphatic heterocycles. The summed E-state index contributed by atoms with van der Waals surface area (Å²) >= 11 is 1.82. The van der Waals surface area contributed by atoms with Gasteiger partial charge in [-0.1, -0.05) is 122 Å². The Hall–Kier alpha value is -3.11. The second-order valence-electron chi connectivity index (χ2n) is 13.9. The number of ketones is 1. The first-order valence-electron chi connectivity index (χ1n) is 16.7. The fourth-order valence-corrected chi connectivity index (χ4v) is 6.65. The number of nitrogens with zero attached hydrogens (tertiary/aromatic N) is 1. The molecule has 0 unspecified atom stereocenters. The van der Waals surface area contributed by atoms with Gasteiger partial charge in [0.15, 0.2) is 5.78 Å². The van der Waals surface area contributed by atoms with Gasteiger partial charge < -0.3 is 5.11 Å². The molecular formula is C42H50IrNO2S-. The number of thiophene rings is 1. The van der Waals surface area contributed by atoms with E-state index in [2.05, 4.69) is 99.6 Å². The molecule has 3 aromatic carbocycles. The van der Waals surface area contributed by atoms with Crippen LogP contribution in [0, 0.1) is 16.9 Å². The quantitative estimate of drug-likeness (QED) is 0.0915. The van der Waals surface area contributed by atoms with E-state index < -0.39 is 0 Å². The number of pyridine rings is 1. The molecule has 5 heteroatoms. The van der Waals surface area contributed by atoms with Crippen LogP contribution in [0.1, 0.15) is 93.6 Å². The topological polar surface area (TPSA) is 50.2 Å². The van der Waals surface area contributed by atoms with E-state index in [4.69, 9.17) is 4.98 Å². The third-order valence-corrected chi connectivity index (χ3v) is 11.1. The average molecular weight is 825 g/mol. The largest absolute Gasteiger partial charge is 0.512 e. The molecule has 5 aromatic rings. The smallest absolute Gasteiger partial charge is 0.164 e. The second-order valence-corrected chi connectivity index (χ2v) is 15.0. The minimum absolute atomic E-state index is 0. The third kappa shape index (κ3) is 8.49. The van der Waals surface area contributed by atoms with E-state index in [1.807, 2.05) is 59.1 Å². The van der Waals surface area contributed by atoms with Crippen molar-refractivity contribution >= 4 is 38.0 Å². The molecule has 2 aromatic heterocycles. The van der Waals surface area contributed by atoms with Crippen LogP contribution in [0.4, 0.5) is 0 Å². The van der Waals surface area contributed by atoms with Gasteiger partial charge in [-0.15, -0.1) is 40.5 Å². The second kappa shape index (κ2) is 15.9. The Labute approximate surface area is 299 Å². The van der Waals surface area contributed by atoms with Crippen molar-refractivity contribution < 1.29 is 30.0 Å². The Balaban J connectivity index is 0.000000290. The van der Waals surface area contributed by atoms with E-state index in [0.29, 0.717) is 0 Å². The van der Waals surface area contributed by atoms with Crippen molar-refractivity contribution in [3.05, 3.63) is 102 Å². The minimum Gasteiger partial charge on any atom is -0.512 e. The van der Waals surface area contributed by atoms with E-state index in [0.717, 1.165) is 42.3 Å². The Bertz CT molecular complexity index is 1820. The maximum absolute atomic E-state index is 12.2. The molecule has 0 saturated carbocycles. The van der Waals surface area contributed by atoms with Crippen molar-refractivity contribution in [1.82, 2.24) is 4.98 Å². The summed E-state index contributed by atoms with van der Waals surface area (Å²) in [7, 11) is 0. The summed E-state index contributed by atoms with van der Waals surface area (Å²) in [5.41, 5.74) is 4.10. The Morgan fingerprint density at radius 3 is 2.00 bits per heavy atom. The van der Waals surface area contributed by atoms with Crippen molar-refractivity contribution in [2.24, 2.45) is 10.8 Å². The van der Waals surface area contributed by atoms with E-state index in [-0.39, 0.29) is 47.9 Å². The van der Waals surface area contributed by atoms with Gasteiger partial charge in [-0.05, 0) is 54.2 Å². The van der Waals surface area contributed by atoms with Gasteiger partial charge in [0.1, 0.15) is 5.76 Å². The predicted molar refractivity (Wildman–Crippen MR) is 199 cm³/mol. The van der Waals surface area contributed by atoms with Crippen molar-refractivity contribution in [2.45, 2.75) is 93.4 Å². The van der Waals surface area contributed by atoms with Crippen molar-refractivity contribution in [1.29, 1.82) is 0 Å². The average Bonchev–Trinajstić information content (AvgIpc) is 3.52. The van der Waals surface area contributed by atoms with E-state index in [1.165, 1.54) is 37.6 Å². The van der Waals surface area contributed by atoms with Gasteiger partial charge in [-0.25, -0.2) is 0 Å². The molecule has 0 aliphatic rings. The summed E-state index contributed by atoms with van der Waals surface area (Å²) in [6.07, 6.45) is 6.67. The Kier molecular flexibility index (Phi) is 12.9. The van der Waals surface area contributed by atoms with E-state index in [1.54, 1.807) is 0 Å². The Morgan fingerprint density at radius 1 is 0.809 bits per heavy atom. The number of aromatic nitrogens is 1. The molecule has 0 amide bonds. The first-order valence-corrected chi connectivity index (χ1v) is 17.5. The maximum Gasteiger partial charge on any atom is 0.164 e. The van der Waals surface area contributed by atoms with Crippen LogP contribution < -0.4 is 0 Å². The Morgan fingerprint density at radius 2 is 1.40 bits per heavy atom. The molecule has 0 saturated heterocycles. The fourth-order valence-electron chi connectivity index (χ4n) is 5.58. The zero-order valence-corrected chi connectivity index (χ0v) is 32.7. The molecule has 1 radical (unpaired) electrons. The summed E-state index contributed by atoms with van der Waals surface area (Å²) < 4.78 is 1.26. The number of aliphatic hydroxyl groups is 1. The molecule has 0 aliphatic carbocycles. The number of hydrogen-bond acceptors (Lipinski definition) is 4. The summed E-state index contributed by atoms with van der Waals surface area (Å²) in [5, 5.41) is 13.7. The molecular weight excluding hydrogens is 775 g/mol. The minimum atomic E-state index is -0.337. The SMILES string of the molecule is CC(C)(C)c1cc(-c2nccc3sc(-c4ccccc4)cc23)[c-]c2ccccc12.CCC(C)(CC)C(=O)/C=C(\O)C(C)(CC)CC.[Ir]. The number of carbonyl (C=O) groups excluding carboxylic acids is 1. The molecule has 0 bridgehead atoms. The first-order chi connectivity index (χ1) is 21.8. The number of hydrogen-bond donors (Lipinski definition) is 1. The standard InChI is InChI=1S/C27H22NS.C15H28O2.Ir/c1-27(2,3)23-16-20(15-19-11-7-8-12-21(19)23)26-22-17-25(18-9-5-4-6-10-18)29-24(22)13-14-28-26;1-7-14(5,8-2)12(16)11-13(17)15(6,9-3)10-4;/h4-14,16-17H,1-3H3;11,16H,7-10H2,1-6H3;/q-1;;/b;12-11-;. The number of rotatable bonds is 9. The van der Waals surface area contributed by atoms with Crippen molar-refractivity contribution in [2.75, 3.05) is 0 Å². The van der Waals surface area contributed by atoms with Crippen molar-refractivity contribution in [3.8, 4) is 21.7 Å². The number of benzene rings is 3. The van der Waals surface area contributed by atoms with Gasteiger partial charge in [-0.3, -0.25) is 9.78 Å². The van der Waals surface area contributed by atoms with Gasteiger partial charge >= 0.3 is 0 Å². The molecule has 0 fully saturated rings. The maximum atomic E-state index is 12.2. The van der Waals surface area contributed by atoms with Crippen LogP contribution in [0.25, 0.3) is 42.6 Å². The van der Waals surface area contributed by atoms with Crippen LogP contribution in [-0.2, 0) is 30.3 Å². The monoisotopic (exact) mass is 825 g/mol. The molecule has 251 valence electrons. The van der Waals surface area contributed by atoms with Crippen LogP contribution in [-0.4, -0.2) is 15.9 Å². The molecule has 47 heavy (non-hydrogen) atoms. The molecule has 5 rings (SSSR count). The van der Waals surface area contributed by atoms with Crippen LogP contribution in [0.3, 0.4) is 0 Å². The zero-order chi connectivity index (χ0) is 33.7. The van der Waals surface area contributed by atoms with Gasteiger partial charge in [0, 0.05) is 58.5 Å². The van der Waals surface area contributed by atoms with Gasteiger partial charge in [0.05, 0.1) is 0 Å². The van der Waals surface area contributed by atoms with E-state index in [9.17, 15) is 9.90 Å². The normalized spacial score (nSPS) is 12.4. The summed E-state index contributed by atoms with van der Waals surface area (Å²) in [6.45, 7) is 18.9. The molecule has 3 nitrogen and oxygen atoms in total. The molecule has 0 spiro atoms. The zero-order valence-electron chi connectivity index (χ0n) is 29.5. The van der Waals surface area contributed by atoms with Crippen LogP contribution in [0.2, 0.25) is 0 Å². The first kappa shape index (κ1) is 38.3. The van der Waals surface area contributed by atoms with Gasteiger partial charge in [-0.2, -0.15) is 0 Å². The van der Waals surface area contributed by atoms with Crippen molar-refractivity contribution in [3.63, 3.8) is 0 Å². The number of fused-ring (bicyclic) bond motifs is 2. The summed E-state index contributed by atoms with van der Waals surface area (Å²) in [4.78, 5) is 18.2. The van der Waals surface area contributed by atoms with Gasteiger partial charge in [0.2, 0.25) is 0 Å². The van der Waals surface area contributed by atoms with Crippen LogP contribution in [0.5, 0.6) is 0 Å². The fraction of sp³-hybridized carbons (Fsp3) is 0.381. The van der Waals surface area contributed by atoms with Crippen LogP contribution in [0.15, 0.2) is 90.8 Å². The summed E-state index contributed by atoms with van der Waals surface area (Å²) in [5.74, 6) is 0.286. The van der Waals surface area contributed by atoms with E-state index >= 15 is 0 Å². The number of aliphatic hydroxyl groups excluding tert-OH is 1. The number of carbonyl (C=O) groups is 1. The summed E-state index contributed by atoms with van der Waals surface area (Å²) in [6, 6.07) is 29.4. The number of allylic oxidation sites excluding steroid dienone is 2. The third-order valence-electron chi connectivity index (χ3n) is 9.94. The predicted octanol–water partition coefficient (Wildman–Crippen LogP) is 12.5. The molecule has 0 atom stereocenters.